The van der Waals surface area contributed by atoms with Gasteiger partial charge in [-0.3, -0.25) is 0 Å². The lowest BCUT2D eigenvalue weighted by Crippen LogP contribution is -2.34. The second-order valence-electron chi connectivity index (χ2n) is 5.01. The summed E-state index contributed by atoms with van der Waals surface area (Å²) >= 11 is 6.24. The molecule has 1 atom stereocenters. The highest BCUT2D eigenvalue weighted by Crippen LogP contribution is 2.32. The van der Waals surface area contributed by atoms with Gasteiger partial charge in [0.15, 0.2) is 0 Å². The van der Waals surface area contributed by atoms with Gasteiger partial charge in [0.2, 0.25) is 0 Å². The van der Waals surface area contributed by atoms with Gasteiger partial charge in [0.1, 0.15) is 5.82 Å². The summed E-state index contributed by atoms with van der Waals surface area (Å²) in [5.74, 6) is -0.200. The van der Waals surface area contributed by atoms with E-state index < -0.39 is 0 Å². The molecule has 0 saturated heterocycles. The van der Waals surface area contributed by atoms with Crippen LogP contribution in [-0.2, 0) is 11.8 Å². The average molecular weight is 278 g/mol. The van der Waals surface area contributed by atoms with E-state index in [9.17, 15) is 4.39 Å². The first-order chi connectivity index (χ1) is 9.07. The molecule has 2 aromatic carbocycles. The summed E-state index contributed by atoms with van der Waals surface area (Å²) < 4.78 is 13.8. The molecule has 0 bridgehead atoms. The number of nitrogens with two attached hydrogens (primary N) is 1. The summed E-state index contributed by atoms with van der Waals surface area (Å²) in [6.07, 6.45) is 0.528. The minimum absolute atomic E-state index is 0.200. The Morgan fingerprint density at radius 2 is 1.74 bits per heavy atom. The summed E-state index contributed by atoms with van der Waals surface area (Å²) in [6.45, 7) is 2.42. The fourth-order valence-corrected chi connectivity index (χ4v) is 2.65. The van der Waals surface area contributed by atoms with Gasteiger partial charge in [0, 0.05) is 17.0 Å². The largest absolute Gasteiger partial charge is 0.330 e. The van der Waals surface area contributed by atoms with E-state index >= 15 is 0 Å². The van der Waals surface area contributed by atoms with Gasteiger partial charge >= 0.3 is 0 Å². The Balaban J connectivity index is 2.39. The lowest BCUT2D eigenvalue weighted by Gasteiger charge is -2.30. The zero-order valence-corrected chi connectivity index (χ0v) is 11.6. The Morgan fingerprint density at radius 1 is 1.11 bits per heavy atom. The first-order valence-corrected chi connectivity index (χ1v) is 6.63. The van der Waals surface area contributed by atoms with Crippen LogP contribution in [0, 0.1) is 5.82 Å². The first-order valence-electron chi connectivity index (χ1n) is 6.25. The molecule has 2 rings (SSSR count). The van der Waals surface area contributed by atoms with Gasteiger partial charge in [-0.1, -0.05) is 54.9 Å². The number of hydrogen-bond acceptors (Lipinski definition) is 1. The molecule has 0 aliphatic rings. The van der Waals surface area contributed by atoms with E-state index in [-0.39, 0.29) is 11.2 Å². The minimum atomic E-state index is -0.374. The molecule has 0 amide bonds. The number of benzene rings is 2. The van der Waals surface area contributed by atoms with E-state index in [0.717, 1.165) is 5.56 Å². The Hall–Kier alpha value is -1.38. The predicted octanol–water partition coefficient (Wildman–Crippen LogP) is 3.94. The maximum Gasteiger partial charge on any atom is 0.126 e. The fourth-order valence-electron chi connectivity index (χ4n) is 2.29. The SMILES string of the molecule is CC(CN)(Cc1ccccc1F)c1ccccc1Cl. The molecule has 1 nitrogen and oxygen atoms in total. The van der Waals surface area contributed by atoms with E-state index in [4.69, 9.17) is 17.3 Å². The lowest BCUT2D eigenvalue weighted by atomic mass is 9.77. The van der Waals surface area contributed by atoms with E-state index in [2.05, 4.69) is 0 Å². The monoisotopic (exact) mass is 277 g/mol. The Morgan fingerprint density at radius 3 is 2.37 bits per heavy atom. The van der Waals surface area contributed by atoms with Crippen molar-refractivity contribution in [1.29, 1.82) is 0 Å². The van der Waals surface area contributed by atoms with Gasteiger partial charge in [-0.05, 0) is 29.7 Å². The van der Waals surface area contributed by atoms with Crippen LogP contribution in [-0.4, -0.2) is 6.54 Å². The van der Waals surface area contributed by atoms with Crippen molar-refractivity contribution in [3.63, 3.8) is 0 Å². The molecule has 100 valence electrons. The molecule has 0 radical (unpaired) electrons. The van der Waals surface area contributed by atoms with Crippen LogP contribution < -0.4 is 5.73 Å². The Bertz CT molecular complexity index is 570. The maximum atomic E-state index is 13.8. The predicted molar refractivity (Wildman–Crippen MR) is 78.0 cm³/mol. The minimum Gasteiger partial charge on any atom is -0.330 e. The van der Waals surface area contributed by atoms with E-state index in [1.54, 1.807) is 12.1 Å². The van der Waals surface area contributed by atoms with Gasteiger partial charge in [0.25, 0.3) is 0 Å². The second kappa shape index (κ2) is 5.72. The van der Waals surface area contributed by atoms with Crippen LogP contribution in [0.5, 0.6) is 0 Å². The van der Waals surface area contributed by atoms with Gasteiger partial charge in [0.05, 0.1) is 0 Å². The molecule has 0 spiro atoms. The topological polar surface area (TPSA) is 26.0 Å². The molecule has 2 aromatic rings. The molecular formula is C16H17ClFN. The third kappa shape index (κ3) is 2.96. The van der Waals surface area contributed by atoms with Crippen molar-refractivity contribution >= 4 is 11.6 Å². The van der Waals surface area contributed by atoms with Crippen LogP contribution in [0.1, 0.15) is 18.1 Å². The first kappa shape index (κ1) is 14.0. The smallest absolute Gasteiger partial charge is 0.126 e. The van der Waals surface area contributed by atoms with Crippen LogP contribution in [0.15, 0.2) is 48.5 Å². The normalized spacial score (nSPS) is 14.1. The molecule has 3 heteroatoms. The molecule has 0 aliphatic heterocycles. The zero-order valence-electron chi connectivity index (χ0n) is 10.9. The molecule has 19 heavy (non-hydrogen) atoms. The summed E-state index contributed by atoms with van der Waals surface area (Å²) in [5, 5.41) is 0.673. The number of halogens is 2. The molecule has 2 N–H and O–H groups in total. The van der Waals surface area contributed by atoms with Crippen molar-refractivity contribution in [3.8, 4) is 0 Å². The van der Waals surface area contributed by atoms with E-state index in [0.29, 0.717) is 23.6 Å². The average Bonchev–Trinajstić information content (AvgIpc) is 2.42. The molecule has 1 unspecified atom stereocenters. The highest BCUT2D eigenvalue weighted by Gasteiger charge is 2.28. The van der Waals surface area contributed by atoms with Crippen molar-refractivity contribution in [2.75, 3.05) is 6.54 Å². The van der Waals surface area contributed by atoms with Crippen LogP contribution >= 0.6 is 11.6 Å². The van der Waals surface area contributed by atoms with Crippen LogP contribution in [0.2, 0.25) is 5.02 Å². The maximum absolute atomic E-state index is 13.8. The summed E-state index contributed by atoms with van der Waals surface area (Å²) in [4.78, 5) is 0. The van der Waals surface area contributed by atoms with Gasteiger partial charge in [-0.2, -0.15) is 0 Å². The van der Waals surface area contributed by atoms with Crippen molar-refractivity contribution in [3.05, 3.63) is 70.5 Å². The third-order valence-electron chi connectivity index (χ3n) is 3.51. The van der Waals surface area contributed by atoms with Crippen LogP contribution in [0.25, 0.3) is 0 Å². The van der Waals surface area contributed by atoms with Gasteiger partial charge < -0.3 is 5.73 Å². The second-order valence-corrected chi connectivity index (χ2v) is 5.42. The third-order valence-corrected chi connectivity index (χ3v) is 3.84. The molecule has 0 aliphatic carbocycles. The molecule has 0 heterocycles. The summed E-state index contributed by atoms with van der Waals surface area (Å²) in [5.41, 5.74) is 7.17. The van der Waals surface area contributed by atoms with Crippen LogP contribution in [0.3, 0.4) is 0 Å². The van der Waals surface area contributed by atoms with Crippen molar-refractivity contribution < 1.29 is 4.39 Å². The highest BCUT2D eigenvalue weighted by molar-refractivity contribution is 6.31. The van der Waals surface area contributed by atoms with Crippen molar-refractivity contribution in [2.24, 2.45) is 5.73 Å². The Labute approximate surface area is 118 Å². The summed E-state index contributed by atoms with van der Waals surface area (Å²) in [6, 6.07) is 14.4. The lowest BCUT2D eigenvalue weighted by molar-refractivity contribution is 0.467. The quantitative estimate of drug-likeness (QED) is 0.900. The van der Waals surface area contributed by atoms with Gasteiger partial charge in [-0.25, -0.2) is 4.39 Å². The standard InChI is InChI=1S/C16H17ClFN/c1-16(11-19,13-7-3-4-8-14(13)17)10-12-6-2-5-9-15(12)18/h2-9H,10-11,19H2,1H3. The molecular weight excluding hydrogens is 261 g/mol. The molecule has 0 saturated carbocycles. The highest BCUT2D eigenvalue weighted by atomic mass is 35.5. The summed E-state index contributed by atoms with van der Waals surface area (Å²) in [7, 11) is 0. The Kier molecular flexibility index (Phi) is 4.23. The van der Waals surface area contributed by atoms with E-state index in [1.807, 2.05) is 37.3 Å². The zero-order chi connectivity index (χ0) is 13.9. The number of rotatable bonds is 4. The van der Waals surface area contributed by atoms with E-state index in [1.165, 1.54) is 6.07 Å². The molecule has 0 aromatic heterocycles. The number of hydrogen-bond donors (Lipinski definition) is 1. The van der Waals surface area contributed by atoms with Gasteiger partial charge in [-0.15, -0.1) is 0 Å². The molecule has 0 fully saturated rings. The fraction of sp³-hybridized carbons (Fsp3) is 0.250. The van der Waals surface area contributed by atoms with Crippen molar-refractivity contribution in [2.45, 2.75) is 18.8 Å². The van der Waals surface area contributed by atoms with Crippen LogP contribution in [0.4, 0.5) is 4.39 Å². The van der Waals surface area contributed by atoms with Crippen molar-refractivity contribution in [1.82, 2.24) is 0 Å².